The van der Waals surface area contributed by atoms with Crippen LogP contribution in [0.4, 0.5) is 8.78 Å². The number of aromatic carboxylic acids is 1. The normalized spacial score (nSPS) is 12.2. The fourth-order valence-corrected chi connectivity index (χ4v) is 4.05. The fourth-order valence-electron chi connectivity index (χ4n) is 3.82. The van der Waals surface area contributed by atoms with Crippen LogP contribution < -0.4 is 10.6 Å². The fraction of sp³-hybridized carbons (Fsp3) is 0.207. The number of hydrogen-bond donors (Lipinski definition) is 3. The Bertz CT molecular complexity index is 1370. The Kier molecular flexibility index (Phi) is 9.58. The van der Waals surface area contributed by atoms with Crippen molar-refractivity contribution >= 4 is 29.4 Å². The molecule has 0 aliphatic rings. The Balaban J connectivity index is 1.85. The minimum absolute atomic E-state index is 0.0498. The third-order valence-electron chi connectivity index (χ3n) is 5.86. The van der Waals surface area contributed by atoms with Gasteiger partial charge in [-0.25, -0.2) is 13.6 Å². The van der Waals surface area contributed by atoms with Gasteiger partial charge in [-0.3, -0.25) is 9.59 Å². The first kappa shape index (κ1) is 28.4. The molecule has 0 spiro atoms. The average Bonchev–Trinajstić information content (AvgIpc) is 2.90. The van der Waals surface area contributed by atoms with E-state index in [-0.39, 0.29) is 16.7 Å². The highest BCUT2D eigenvalue weighted by molar-refractivity contribution is 6.33. The first-order chi connectivity index (χ1) is 18.1. The van der Waals surface area contributed by atoms with Crippen LogP contribution in [0.1, 0.15) is 46.0 Å². The van der Waals surface area contributed by atoms with Gasteiger partial charge in [-0.15, -0.1) is 6.42 Å². The Morgan fingerprint density at radius 2 is 1.63 bits per heavy atom. The van der Waals surface area contributed by atoms with E-state index in [0.29, 0.717) is 29.0 Å². The van der Waals surface area contributed by atoms with Gasteiger partial charge in [-0.2, -0.15) is 0 Å². The van der Waals surface area contributed by atoms with Crippen molar-refractivity contribution in [2.24, 2.45) is 0 Å². The lowest BCUT2D eigenvalue weighted by Gasteiger charge is -2.21. The van der Waals surface area contributed by atoms with Crippen LogP contribution in [0.2, 0.25) is 5.02 Å². The predicted molar refractivity (Wildman–Crippen MR) is 141 cm³/mol. The highest BCUT2D eigenvalue weighted by Crippen LogP contribution is 2.29. The summed E-state index contributed by atoms with van der Waals surface area (Å²) in [4.78, 5) is 37.4. The van der Waals surface area contributed by atoms with E-state index in [2.05, 4.69) is 16.6 Å². The molecule has 0 radical (unpaired) electrons. The molecule has 2 atom stereocenters. The molecule has 0 bridgehead atoms. The lowest BCUT2D eigenvalue weighted by molar-refractivity contribution is -0.123. The molecule has 0 heterocycles. The quantitative estimate of drug-likeness (QED) is 0.308. The van der Waals surface area contributed by atoms with Crippen molar-refractivity contribution in [2.45, 2.75) is 38.3 Å². The lowest BCUT2D eigenvalue weighted by Crippen LogP contribution is -2.50. The van der Waals surface area contributed by atoms with Crippen molar-refractivity contribution in [3.63, 3.8) is 0 Å². The van der Waals surface area contributed by atoms with Crippen LogP contribution in [0.5, 0.6) is 0 Å². The molecule has 6 nitrogen and oxygen atoms in total. The van der Waals surface area contributed by atoms with Crippen molar-refractivity contribution in [2.75, 3.05) is 0 Å². The first-order valence-corrected chi connectivity index (χ1v) is 12.2. The summed E-state index contributed by atoms with van der Waals surface area (Å²) in [7, 11) is 0. The summed E-state index contributed by atoms with van der Waals surface area (Å²) in [6.07, 6.45) is 6.23. The molecule has 0 aliphatic heterocycles. The molecule has 0 fully saturated rings. The second-order valence-corrected chi connectivity index (χ2v) is 8.93. The van der Waals surface area contributed by atoms with Crippen molar-refractivity contribution in [1.29, 1.82) is 0 Å². The number of carboxylic acid groups (broad SMARTS) is 1. The maximum absolute atomic E-state index is 14.3. The van der Waals surface area contributed by atoms with Gasteiger partial charge in [0.2, 0.25) is 5.91 Å². The summed E-state index contributed by atoms with van der Waals surface area (Å²) in [5.41, 5.74) is 0.891. The molecule has 3 rings (SSSR count). The Labute approximate surface area is 224 Å². The average molecular weight is 539 g/mol. The van der Waals surface area contributed by atoms with Gasteiger partial charge in [0.15, 0.2) is 0 Å². The molecule has 3 N–H and O–H groups in total. The molecule has 0 aromatic heterocycles. The zero-order valence-electron chi connectivity index (χ0n) is 20.4. The van der Waals surface area contributed by atoms with Crippen LogP contribution in [0.25, 0.3) is 11.1 Å². The van der Waals surface area contributed by atoms with Crippen LogP contribution in [0, 0.1) is 24.0 Å². The summed E-state index contributed by atoms with van der Waals surface area (Å²) in [5.74, 6) is -1.68. The van der Waals surface area contributed by atoms with E-state index in [9.17, 15) is 28.3 Å². The lowest BCUT2D eigenvalue weighted by atomic mass is 10.0. The third kappa shape index (κ3) is 6.96. The maximum atomic E-state index is 14.3. The second kappa shape index (κ2) is 12.8. The summed E-state index contributed by atoms with van der Waals surface area (Å²) in [6.45, 7) is 1.89. The van der Waals surface area contributed by atoms with Gasteiger partial charge in [0.1, 0.15) is 17.7 Å². The second-order valence-electron chi connectivity index (χ2n) is 8.52. The van der Waals surface area contributed by atoms with E-state index in [1.165, 1.54) is 36.4 Å². The van der Waals surface area contributed by atoms with Crippen LogP contribution in [-0.4, -0.2) is 35.0 Å². The smallest absolute Gasteiger partial charge is 0.335 e. The molecule has 9 heteroatoms. The number of carboxylic acids is 1. The van der Waals surface area contributed by atoms with E-state index in [1.807, 2.05) is 6.92 Å². The SMILES string of the molecule is C#C[C@H](CCC)NC(=O)[C@H](Cc1c(F)cccc1F)NC(=O)c1ccc(-c2cc(C(=O)O)ccc2Cl)cc1. The van der Waals surface area contributed by atoms with E-state index in [0.717, 1.165) is 12.1 Å². The van der Waals surface area contributed by atoms with E-state index in [4.69, 9.17) is 18.0 Å². The Hall–Kier alpha value is -4.22. The number of terminal acetylenes is 1. The molecule has 196 valence electrons. The number of hydrogen-bond acceptors (Lipinski definition) is 3. The minimum Gasteiger partial charge on any atom is -0.478 e. The van der Waals surface area contributed by atoms with Gasteiger partial charge in [-0.05, 0) is 54.4 Å². The van der Waals surface area contributed by atoms with Crippen molar-refractivity contribution in [3.8, 4) is 23.5 Å². The van der Waals surface area contributed by atoms with Gasteiger partial charge < -0.3 is 15.7 Å². The maximum Gasteiger partial charge on any atom is 0.335 e. The van der Waals surface area contributed by atoms with Crippen LogP contribution in [0.3, 0.4) is 0 Å². The summed E-state index contributed by atoms with van der Waals surface area (Å²) in [5, 5.41) is 14.8. The van der Waals surface area contributed by atoms with Gasteiger partial charge in [-0.1, -0.05) is 49.1 Å². The molecule has 2 amide bonds. The monoisotopic (exact) mass is 538 g/mol. The number of amides is 2. The van der Waals surface area contributed by atoms with E-state index >= 15 is 0 Å². The molecule has 0 aliphatic carbocycles. The van der Waals surface area contributed by atoms with E-state index < -0.39 is 47.9 Å². The summed E-state index contributed by atoms with van der Waals surface area (Å²) >= 11 is 6.23. The van der Waals surface area contributed by atoms with Crippen LogP contribution >= 0.6 is 11.6 Å². The number of nitrogens with one attached hydrogen (secondary N) is 2. The van der Waals surface area contributed by atoms with Crippen molar-refractivity contribution in [1.82, 2.24) is 10.6 Å². The molecule has 0 saturated heterocycles. The number of benzene rings is 3. The predicted octanol–water partition coefficient (Wildman–Crippen LogP) is 5.24. The summed E-state index contributed by atoms with van der Waals surface area (Å²) in [6, 6.07) is 11.8. The van der Waals surface area contributed by atoms with Gasteiger partial charge in [0, 0.05) is 28.1 Å². The number of carbonyl (C=O) groups excluding carboxylic acids is 2. The van der Waals surface area contributed by atoms with Crippen LogP contribution in [-0.2, 0) is 11.2 Å². The highest BCUT2D eigenvalue weighted by atomic mass is 35.5. The Morgan fingerprint density at radius 3 is 2.21 bits per heavy atom. The zero-order chi connectivity index (χ0) is 27.8. The van der Waals surface area contributed by atoms with Crippen molar-refractivity contribution < 1.29 is 28.3 Å². The van der Waals surface area contributed by atoms with Crippen LogP contribution in [0.15, 0.2) is 60.7 Å². The van der Waals surface area contributed by atoms with Gasteiger partial charge in [0.25, 0.3) is 5.91 Å². The molecule has 38 heavy (non-hydrogen) atoms. The first-order valence-electron chi connectivity index (χ1n) is 11.8. The standard InChI is InChI=1S/C29H25ClF2N2O4/c1-3-6-20(4-2)33-28(36)26(16-22-24(31)7-5-8-25(22)32)34-27(35)18-11-9-17(10-12-18)21-15-19(29(37)38)13-14-23(21)30/h2,5,7-15,20,26H,3,6,16H2,1H3,(H,33,36)(H,34,35)(H,37,38)/t20-,26+/m1/s1. The number of rotatable bonds is 10. The minimum atomic E-state index is -1.32. The van der Waals surface area contributed by atoms with Crippen molar-refractivity contribution in [3.05, 3.63) is 94.0 Å². The Morgan fingerprint density at radius 1 is 1.00 bits per heavy atom. The zero-order valence-corrected chi connectivity index (χ0v) is 21.2. The van der Waals surface area contributed by atoms with E-state index in [1.54, 1.807) is 12.1 Å². The largest absolute Gasteiger partial charge is 0.478 e. The molecule has 0 unspecified atom stereocenters. The molecular weight excluding hydrogens is 514 g/mol. The number of carbonyl (C=O) groups is 3. The molecular formula is C29H25ClF2N2O4. The molecule has 3 aromatic carbocycles. The molecule has 0 saturated carbocycles. The summed E-state index contributed by atoms with van der Waals surface area (Å²) < 4.78 is 28.7. The highest BCUT2D eigenvalue weighted by Gasteiger charge is 2.26. The molecule has 3 aromatic rings. The van der Waals surface area contributed by atoms with Gasteiger partial charge >= 0.3 is 5.97 Å². The topological polar surface area (TPSA) is 95.5 Å². The number of halogens is 3. The third-order valence-corrected chi connectivity index (χ3v) is 6.19. The van der Waals surface area contributed by atoms with Gasteiger partial charge in [0.05, 0.1) is 11.6 Å².